The van der Waals surface area contributed by atoms with Crippen molar-refractivity contribution in [3.05, 3.63) is 65.7 Å². The third kappa shape index (κ3) is 3.92. The summed E-state index contributed by atoms with van der Waals surface area (Å²) in [7, 11) is 2.03. The Morgan fingerprint density at radius 2 is 1.73 bits per heavy atom. The number of carbonyl (C=O) groups is 1. The number of nitrogens with zero attached hydrogens (tertiary/aromatic N) is 2. The predicted molar refractivity (Wildman–Crippen MR) is 103 cm³/mol. The average molecular weight is 352 g/mol. The Bertz CT molecular complexity index is 796. The van der Waals surface area contributed by atoms with Gasteiger partial charge in [-0.1, -0.05) is 42.5 Å². The zero-order valence-corrected chi connectivity index (χ0v) is 14.9. The maximum Gasteiger partial charge on any atom is 0.273 e. The molecule has 1 fully saturated rings. The molecule has 3 rings (SSSR count). The lowest BCUT2D eigenvalue weighted by molar-refractivity contribution is 0.0437. The first kappa shape index (κ1) is 18.1. The highest BCUT2D eigenvalue weighted by Gasteiger charge is 2.37. The first-order chi connectivity index (χ1) is 12.5. The van der Waals surface area contributed by atoms with E-state index in [1.165, 1.54) is 0 Å². The molecule has 0 bridgehead atoms. The van der Waals surface area contributed by atoms with E-state index in [4.69, 9.17) is 5.73 Å². The van der Waals surface area contributed by atoms with Crippen LogP contribution in [0, 0.1) is 0 Å². The number of nitrogens with two attached hydrogens (primary N) is 1. The molecule has 1 saturated heterocycles. The van der Waals surface area contributed by atoms with Crippen LogP contribution in [0.5, 0.6) is 0 Å². The van der Waals surface area contributed by atoms with Gasteiger partial charge in [0.1, 0.15) is 5.60 Å². The molecule has 0 spiro atoms. The Morgan fingerprint density at radius 1 is 1.12 bits per heavy atom. The third-order valence-electron chi connectivity index (χ3n) is 4.78. The summed E-state index contributed by atoms with van der Waals surface area (Å²) in [6.07, 6.45) is 1.11. The predicted octanol–water partition coefficient (Wildman–Crippen LogP) is 1.86. The number of piperidine rings is 1. The number of amides is 1. The lowest BCUT2D eigenvalue weighted by atomic mass is 9.83. The molecule has 6 nitrogen and oxygen atoms in total. The summed E-state index contributed by atoms with van der Waals surface area (Å²) >= 11 is 0. The van der Waals surface area contributed by atoms with E-state index in [2.05, 4.69) is 15.4 Å². The van der Waals surface area contributed by atoms with Crippen LogP contribution in [0.3, 0.4) is 0 Å². The second kappa shape index (κ2) is 7.68. The van der Waals surface area contributed by atoms with Gasteiger partial charge < -0.3 is 15.7 Å². The molecule has 1 heterocycles. The first-order valence-electron chi connectivity index (χ1n) is 8.69. The third-order valence-corrected chi connectivity index (χ3v) is 4.78. The molecule has 4 N–H and O–H groups in total. The number of nitrogen functional groups attached to an aromatic ring is 1. The van der Waals surface area contributed by atoms with Crippen molar-refractivity contribution in [3.8, 4) is 0 Å². The number of hydrogen-bond acceptors (Lipinski definition) is 5. The number of hydrazone groups is 1. The molecule has 1 amide bonds. The molecule has 0 aromatic heterocycles. The normalized spacial score (nSPS) is 17.7. The second-order valence-electron chi connectivity index (χ2n) is 6.69. The molecular formula is C20H24N4O2. The number of anilines is 1. The summed E-state index contributed by atoms with van der Waals surface area (Å²) in [6.45, 7) is 1.53. The largest absolute Gasteiger partial charge is 0.398 e. The van der Waals surface area contributed by atoms with Gasteiger partial charge in [-0.2, -0.15) is 5.10 Å². The van der Waals surface area contributed by atoms with E-state index >= 15 is 0 Å². The molecule has 136 valence electrons. The Morgan fingerprint density at radius 3 is 2.38 bits per heavy atom. The monoisotopic (exact) mass is 352 g/mol. The summed E-state index contributed by atoms with van der Waals surface area (Å²) in [5.41, 5.74) is 9.37. The van der Waals surface area contributed by atoms with Crippen LogP contribution in [0.2, 0.25) is 0 Å². The van der Waals surface area contributed by atoms with E-state index in [0.717, 1.165) is 18.7 Å². The number of likely N-dealkylation sites (tertiary alicyclic amines) is 1. The first-order valence-corrected chi connectivity index (χ1v) is 8.69. The fraction of sp³-hybridized carbons (Fsp3) is 0.300. The lowest BCUT2D eigenvalue weighted by Crippen LogP contribution is -2.49. The van der Waals surface area contributed by atoms with E-state index in [0.29, 0.717) is 29.8 Å². The number of hydrogen-bond donors (Lipinski definition) is 3. The van der Waals surface area contributed by atoms with Crippen LogP contribution in [-0.4, -0.2) is 47.4 Å². The van der Waals surface area contributed by atoms with Crippen molar-refractivity contribution in [2.75, 3.05) is 25.9 Å². The van der Waals surface area contributed by atoms with Gasteiger partial charge in [-0.25, -0.2) is 5.43 Å². The minimum atomic E-state index is -1.08. The zero-order chi connectivity index (χ0) is 18.6. The second-order valence-corrected chi connectivity index (χ2v) is 6.69. The smallest absolute Gasteiger partial charge is 0.273 e. The highest BCUT2D eigenvalue weighted by molar-refractivity contribution is 6.08. The van der Waals surface area contributed by atoms with Gasteiger partial charge in [0.15, 0.2) is 0 Å². The van der Waals surface area contributed by atoms with Gasteiger partial charge in [0.2, 0.25) is 0 Å². The molecular weight excluding hydrogens is 328 g/mol. The highest BCUT2D eigenvalue weighted by atomic mass is 16.3. The maximum absolute atomic E-state index is 12.5. The van der Waals surface area contributed by atoms with E-state index in [1.807, 2.05) is 37.4 Å². The van der Waals surface area contributed by atoms with E-state index in [1.54, 1.807) is 24.3 Å². The van der Waals surface area contributed by atoms with Crippen molar-refractivity contribution in [3.63, 3.8) is 0 Å². The van der Waals surface area contributed by atoms with Crippen molar-refractivity contribution in [1.82, 2.24) is 10.3 Å². The Kier molecular flexibility index (Phi) is 5.35. The van der Waals surface area contributed by atoms with Gasteiger partial charge >= 0.3 is 0 Å². The summed E-state index contributed by atoms with van der Waals surface area (Å²) in [4.78, 5) is 14.6. The van der Waals surface area contributed by atoms with Crippen LogP contribution >= 0.6 is 0 Å². The zero-order valence-electron chi connectivity index (χ0n) is 14.9. The standard InChI is InChI=1S/C20H24N4O2/c1-24-13-11-20(26,12-14-24)18(15-7-3-2-4-8-15)22-23-19(25)16-9-5-6-10-17(16)21/h2-10,26H,11-14,21H2,1H3,(H,23,25). The molecule has 6 heteroatoms. The Hall–Kier alpha value is -2.70. The van der Waals surface area contributed by atoms with Gasteiger partial charge in [-0.15, -0.1) is 0 Å². The van der Waals surface area contributed by atoms with Crippen LogP contribution in [0.1, 0.15) is 28.8 Å². The van der Waals surface area contributed by atoms with Gasteiger partial charge in [-0.05, 0) is 32.0 Å². The molecule has 2 aromatic carbocycles. The van der Waals surface area contributed by atoms with E-state index in [9.17, 15) is 9.90 Å². The van der Waals surface area contributed by atoms with Crippen LogP contribution in [0.25, 0.3) is 0 Å². The number of carbonyl (C=O) groups excluding carboxylic acids is 1. The van der Waals surface area contributed by atoms with Gasteiger partial charge in [0, 0.05) is 24.3 Å². The van der Waals surface area contributed by atoms with Gasteiger partial charge in [-0.3, -0.25) is 4.79 Å². The highest BCUT2D eigenvalue weighted by Crippen LogP contribution is 2.26. The van der Waals surface area contributed by atoms with Crippen LogP contribution < -0.4 is 11.2 Å². The van der Waals surface area contributed by atoms with Gasteiger partial charge in [0.05, 0.1) is 11.3 Å². The van der Waals surface area contributed by atoms with Crippen molar-refractivity contribution in [2.24, 2.45) is 5.10 Å². The Labute approximate surface area is 153 Å². The fourth-order valence-electron chi connectivity index (χ4n) is 3.13. The quantitative estimate of drug-likeness (QED) is 0.445. The summed E-state index contributed by atoms with van der Waals surface area (Å²) in [5, 5.41) is 15.5. The minimum absolute atomic E-state index is 0.360. The molecule has 26 heavy (non-hydrogen) atoms. The molecule has 0 unspecified atom stereocenters. The van der Waals surface area contributed by atoms with Crippen molar-refractivity contribution < 1.29 is 9.90 Å². The topological polar surface area (TPSA) is 91.0 Å². The van der Waals surface area contributed by atoms with Crippen molar-refractivity contribution in [2.45, 2.75) is 18.4 Å². The minimum Gasteiger partial charge on any atom is -0.398 e. The maximum atomic E-state index is 12.5. The van der Waals surface area contributed by atoms with E-state index in [-0.39, 0.29) is 0 Å². The molecule has 0 radical (unpaired) electrons. The molecule has 0 aliphatic carbocycles. The lowest BCUT2D eigenvalue weighted by Gasteiger charge is -2.37. The molecule has 0 atom stereocenters. The molecule has 0 saturated carbocycles. The number of nitrogens with one attached hydrogen (secondary N) is 1. The SMILES string of the molecule is CN1CCC(O)(C(=NNC(=O)c2ccccc2N)c2ccccc2)CC1. The van der Waals surface area contributed by atoms with E-state index < -0.39 is 11.5 Å². The summed E-state index contributed by atoms with van der Waals surface area (Å²) in [6, 6.07) is 16.3. The van der Waals surface area contributed by atoms with Crippen molar-refractivity contribution in [1.29, 1.82) is 0 Å². The summed E-state index contributed by atoms with van der Waals surface area (Å²) in [5.74, 6) is -0.395. The van der Waals surface area contributed by atoms with Crippen LogP contribution in [0.15, 0.2) is 59.7 Å². The Balaban J connectivity index is 1.90. The number of aliphatic hydroxyl groups is 1. The molecule has 1 aliphatic rings. The number of para-hydroxylation sites is 1. The molecule has 1 aliphatic heterocycles. The number of benzene rings is 2. The van der Waals surface area contributed by atoms with Crippen LogP contribution in [0.4, 0.5) is 5.69 Å². The summed E-state index contributed by atoms with van der Waals surface area (Å²) < 4.78 is 0. The average Bonchev–Trinajstić information content (AvgIpc) is 2.65. The van der Waals surface area contributed by atoms with Crippen molar-refractivity contribution >= 4 is 17.3 Å². The number of rotatable bonds is 4. The fourth-order valence-corrected chi connectivity index (χ4v) is 3.13. The van der Waals surface area contributed by atoms with Gasteiger partial charge in [0.25, 0.3) is 5.91 Å². The van der Waals surface area contributed by atoms with Crippen LogP contribution in [-0.2, 0) is 0 Å². The molecule has 2 aromatic rings.